The van der Waals surface area contributed by atoms with E-state index in [1.807, 2.05) is 12.2 Å². The van der Waals surface area contributed by atoms with E-state index in [2.05, 4.69) is 11.4 Å². The highest BCUT2D eigenvalue weighted by molar-refractivity contribution is 5.60. The molecule has 5 nitrogen and oxygen atoms in total. The quantitative estimate of drug-likeness (QED) is 0.473. The van der Waals surface area contributed by atoms with Crippen LogP contribution in [0.3, 0.4) is 0 Å². The summed E-state index contributed by atoms with van der Waals surface area (Å²) >= 11 is 0. The Kier molecular flexibility index (Phi) is 5.03. The Labute approximate surface area is 117 Å². The number of nitro benzene ring substituents is 1. The van der Waals surface area contributed by atoms with Crippen LogP contribution in [-0.4, -0.2) is 29.2 Å². The molecule has 2 atom stereocenters. The Balaban J connectivity index is 1.85. The van der Waals surface area contributed by atoms with Gasteiger partial charge in [0.1, 0.15) is 0 Å². The molecule has 106 valence electrons. The SMILES string of the molecule is O=[N+]([O-])c1ccccc1/C=C/CN[C@@H]1C=C[C@H](CO)C1. The van der Waals surface area contributed by atoms with Crippen molar-refractivity contribution in [2.75, 3.05) is 13.2 Å². The number of nitro groups is 1. The monoisotopic (exact) mass is 274 g/mol. The fourth-order valence-electron chi connectivity index (χ4n) is 2.26. The maximum Gasteiger partial charge on any atom is 0.276 e. The number of nitrogens with zero attached hydrogens (tertiary/aromatic N) is 1. The number of rotatable bonds is 6. The van der Waals surface area contributed by atoms with E-state index in [9.17, 15) is 10.1 Å². The van der Waals surface area contributed by atoms with Gasteiger partial charge in [0, 0.05) is 31.2 Å². The Morgan fingerprint density at radius 3 is 2.90 bits per heavy atom. The van der Waals surface area contributed by atoms with Crippen LogP contribution in [0.2, 0.25) is 0 Å². The van der Waals surface area contributed by atoms with E-state index >= 15 is 0 Å². The van der Waals surface area contributed by atoms with Gasteiger partial charge in [-0.05, 0) is 12.5 Å². The largest absolute Gasteiger partial charge is 0.396 e. The van der Waals surface area contributed by atoms with Gasteiger partial charge in [-0.2, -0.15) is 0 Å². The third-order valence-electron chi connectivity index (χ3n) is 3.34. The molecule has 1 aliphatic rings. The van der Waals surface area contributed by atoms with Gasteiger partial charge in [0.2, 0.25) is 0 Å². The molecule has 0 fully saturated rings. The molecule has 0 heterocycles. The van der Waals surface area contributed by atoms with Crippen LogP contribution in [0, 0.1) is 16.0 Å². The third-order valence-corrected chi connectivity index (χ3v) is 3.34. The molecule has 0 aliphatic heterocycles. The summed E-state index contributed by atoms with van der Waals surface area (Å²) in [6.07, 6.45) is 8.61. The van der Waals surface area contributed by atoms with Crippen molar-refractivity contribution in [3.8, 4) is 0 Å². The molecule has 0 spiro atoms. The lowest BCUT2D eigenvalue weighted by Crippen LogP contribution is -2.26. The van der Waals surface area contributed by atoms with Crippen molar-refractivity contribution in [1.29, 1.82) is 0 Å². The van der Waals surface area contributed by atoms with Gasteiger partial charge in [-0.15, -0.1) is 0 Å². The molecule has 0 amide bonds. The Morgan fingerprint density at radius 2 is 2.20 bits per heavy atom. The Morgan fingerprint density at radius 1 is 1.40 bits per heavy atom. The predicted octanol–water partition coefficient (Wildman–Crippen LogP) is 2.13. The molecule has 5 heteroatoms. The zero-order valence-corrected chi connectivity index (χ0v) is 11.1. The molecule has 0 radical (unpaired) electrons. The summed E-state index contributed by atoms with van der Waals surface area (Å²) in [6, 6.07) is 6.94. The normalized spacial score (nSPS) is 21.6. The van der Waals surface area contributed by atoms with Crippen LogP contribution in [0.25, 0.3) is 6.08 Å². The van der Waals surface area contributed by atoms with E-state index in [-0.39, 0.29) is 29.2 Å². The first-order chi connectivity index (χ1) is 9.70. The van der Waals surface area contributed by atoms with Gasteiger partial charge in [-0.25, -0.2) is 0 Å². The van der Waals surface area contributed by atoms with Gasteiger partial charge < -0.3 is 10.4 Å². The maximum absolute atomic E-state index is 10.9. The van der Waals surface area contributed by atoms with E-state index in [0.717, 1.165) is 6.42 Å². The number of para-hydroxylation sites is 1. The van der Waals surface area contributed by atoms with Gasteiger partial charge in [0.15, 0.2) is 0 Å². The predicted molar refractivity (Wildman–Crippen MR) is 78.3 cm³/mol. The smallest absolute Gasteiger partial charge is 0.276 e. The number of aliphatic hydroxyl groups excluding tert-OH is 1. The van der Waals surface area contributed by atoms with Crippen molar-refractivity contribution >= 4 is 11.8 Å². The number of hydrogen-bond donors (Lipinski definition) is 2. The van der Waals surface area contributed by atoms with E-state index in [0.29, 0.717) is 12.1 Å². The standard InChI is InChI=1S/C15H18N2O3/c18-11-12-7-8-14(10-12)16-9-3-5-13-4-1-2-6-15(13)17(19)20/h1-8,12,14,16,18H,9-11H2/b5-3+/t12-,14+/m0/s1. The fraction of sp³-hybridized carbons (Fsp3) is 0.333. The van der Waals surface area contributed by atoms with E-state index in [1.165, 1.54) is 6.07 Å². The molecule has 1 aromatic rings. The van der Waals surface area contributed by atoms with Crippen LogP contribution in [-0.2, 0) is 0 Å². The average molecular weight is 274 g/mol. The maximum atomic E-state index is 10.9. The summed E-state index contributed by atoms with van der Waals surface area (Å²) in [7, 11) is 0. The molecule has 0 bridgehead atoms. The summed E-state index contributed by atoms with van der Waals surface area (Å²) in [6.45, 7) is 0.819. The molecular weight excluding hydrogens is 256 g/mol. The molecule has 2 rings (SSSR count). The molecule has 0 saturated heterocycles. The third kappa shape index (κ3) is 3.76. The lowest BCUT2D eigenvalue weighted by molar-refractivity contribution is -0.385. The molecular formula is C15H18N2O3. The van der Waals surface area contributed by atoms with Crippen molar-refractivity contribution in [3.63, 3.8) is 0 Å². The zero-order valence-electron chi connectivity index (χ0n) is 11.1. The van der Waals surface area contributed by atoms with Crippen LogP contribution in [0.15, 0.2) is 42.5 Å². The second-order valence-electron chi connectivity index (χ2n) is 4.80. The summed E-state index contributed by atoms with van der Waals surface area (Å²) in [4.78, 5) is 10.5. The first kappa shape index (κ1) is 14.4. The fourth-order valence-corrected chi connectivity index (χ4v) is 2.26. The molecule has 2 N–H and O–H groups in total. The summed E-state index contributed by atoms with van der Waals surface area (Å²) in [5, 5.41) is 23.2. The lowest BCUT2D eigenvalue weighted by atomic mass is 10.1. The minimum atomic E-state index is -0.376. The highest BCUT2D eigenvalue weighted by Crippen LogP contribution is 2.19. The second-order valence-corrected chi connectivity index (χ2v) is 4.80. The first-order valence-electron chi connectivity index (χ1n) is 6.63. The van der Waals surface area contributed by atoms with Crippen molar-refractivity contribution in [2.45, 2.75) is 12.5 Å². The van der Waals surface area contributed by atoms with Gasteiger partial charge in [-0.3, -0.25) is 10.1 Å². The van der Waals surface area contributed by atoms with Crippen LogP contribution in [0.1, 0.15) is 12.0 Å². The molecule has 1 aromatic carbocycles. The summed E-state index contributed by atoms with van der Waals surface area (Å²) in [5.74, 6) is 0.242. The second kappa shape index (κ2) is 6.98. The molecule has 0 unspecified atom stereocenters. The van der Waals surface area contributed by atoms with Gasteiger partial charge >= 0.3 is 0 Å². The van der Waals surface area contributed by atoms with Crippen LogP contribution < -0.4 is 5.32 Å². The van der Waals surface area contributed by atoms with Crippen molar-refractivity contribution in [3.05, 3.63) is 58.2 Å². The van der Waals surface area contributed by atoms with E-state index < -0.39 is 0 Å². The van der Waals surface area contributed by atoms with Crippen LogP contribution in [0.5, 0.6) is 0 Å². The highest BCUT2D eigenvalue weighted by atomic mass is 16.6. The minimum absolute atomic E-state index is 0.116. The van der Waals surface area contributed by atoms with E-state index in [1.54, 1.807) is 24.3 Å². The number of benzene rings is 1. The van der Waals surface area contributed by atoms with Crippen LogP contribution in [0.4, 0.5) is 5.69 Å². The molecule has 0 aromatic heterocycles. The van der Waals surface area contributed by atoms with Crippen molar-refractivity contribution < 1.29 is 10.0 Å². The van der Waals surface area contributed by atoms with Crippen molar-refractivity contribution in [2.24, 2.45) is 5.92 Å². The average Bonchev–Trinajstić information content (AvgIpc) is 2.92. The number of hydrogen-bond acceptors (Lipinski definition) is 4. The van der Waals surface area contributed by atoms with Gasteiger partial charge in [-0.1, -0.05) is 36.4 Å². The van der Waals surface area contributed by atoms with Crippen LogP contribution >= 0.6 is 0 Å². The van der Waals surface area contributed by atoms with Gasteiger partial charge in [0.25, 0.3) is 5.69 Å². The Bertz CT molecular complexity index is 526. The zero-order chi connectivity index (χ0) is 14.4. The molecule has 1 aliphatic carbocycles. The van der Waals surface area contributed by atoms with Gasteiger partial charge in [0.05, 0.1) is 10.5 Å². The first-order valence-corrected chi connectivity index (χ1v) is 6.63. The Hall–Kier alpha value is -1.98. The number of nitrogens with one attached hydrogen (secondary N) is 1. The topological polar surface area (TPSA) is 75.4 Å². The highest BCUT2D eigenvalue weighted by Gasteiger charge is 2.16. The summed E-state index contributed by atoms with van der Waals surface area (Å²) < 4.78 is 0. The van der Waals surface area contributed by atoms with E-state index in [4.69, 9.17) is 5.11 Å². The number of aliphatic hydroxyl groups is 1. The summed E-state index contributed by atoms with van der Waals surface area (Å²) in [5.41, 5.74) is 0.722. The minimum Gasteiger partial charge on any atom is -0.396 e. The van der Waals surface area contributed by atoms with Crippen molar-refractivity contribution in [1.82, 2.24) is 5.32 Å². The molecule has 20 heavy (non-hydrogen) atoms. The lowest BCUT2D eigenvalue weighted by Gasteiger charge is -2.10. The molecule has 0 saturated carbocycles.